The number of nitrogens with zero attached hydrogens (tertiary/aromatic N) is 1. The first-order valence-electron chi connectivity index (χ1n) is 6.80. The van der Waals surface area contributed by atoms with E-state index >= 15 is 0 Å². The fourth-order valence-electron chi connectivity index (χ4n) is 2.89. The van der Waals surface area contributed by atoms with Crippen molar-refractivity contribution < 1.29 is 9.18 Å². The van der Waals surface area contributed by atoms with Gasteiger partial charge in [-0.3, -0.25) is 9.69 Å². The largest absolute Gasteiger partial charge is 0.325 e. The van der Waals surface area contributed by atoms with Gasteiger partial charge in [0.15, 0.2) is 0 Å². The van der Waals surface area contributed by atoms with Crippen LogP contribution in [0.15, 0.2) is 24.3 Å². The van der Waals surface area contributed by atoms with Gasteiger partial charge in [-0.15, -0.1) is 0 Å². The Morgan fingerprint density at radius 1 is 1.37 bits per heavy atom. The van der Waals surface area contributed by atoms with Gasteiger partial charge in [-0.25, -0.2) is 4.39 Å². The molecule has 1 aliphatic rings. The molecule has 1 fully saturated rings. The highest BCUT2D eigenvalue weighted by Gasteiger charge is 2.23. The van der Waals surface area contributed by atoms with Crippen LogP contribution in [-0.2, 0) is 4.79 Å². The molecule has 0 saturated carbocycles. The third kappa shape index (κ3) is 4.31. The van der Waals surface area contributed by atoms with Crippen molar-refractivity contribution in [1.29, 1.82) is 0 Å². The Bertz CT molecular complexity index is 440. The van der Waals surface area contributed by atoms with Crippen molar-refractivity contribution in [2.24, 2.45) is 11.8 Å². The van der Waals surface area contributed by atoms with Crippen molar-refractivity contribution in [3.05, 3.63) is 30.1 Å². The number of carbonyl (C=O) groups excluding carboxylic acids is 1. The molecule has 1 N–H and O–H groups in total. The van der Waals surface area contributed by atoms with Gasteiger partial charge in [0.25, 0.3) is 0 Å². The predicted molar refractivity (Wildman–Crippen MR) is 74.4 cm³/mol. The molecule has 0 radical (unpaired) electrons. The van der Waals surface area contributed by atoms with Crippen molar-refractivity contribution in [1.82, 2.24) is 4.90 Å². The first kappa shape index (κ1) is 14.0. The number of rotatable bonds is 3. The van der Waals surface area contributed by atoms with E-state index in [1.807, 2.05) is 0 Å². The Kier molecular flexibility index (Phi) is 4.53. The van der Waals surface area contributed by atoms with Gasteiger partial charge < -0.3 is 5.32 Å². The highest BCUT2D eigenvalue weighted by atomic mass is 19.1. The van der Waals surface area contributed by atoms with Gasteiger partial charge in [-0.05, 0) is 36.5 Å². The molecule has 1 aliphatic heterocycles. The van der Waals surface area contributed by atoms with Crippen LogP contribution in [0.5, 0.6) is 0 Å². The number of piperidine rings is 1. The number of likely N-dealkylation sites (tertiary alicyclic amines) is 1. The van der Waals surface area contributed by atoms with Crippen molar-refractivity contribution in [2.45, 2.75) is 20.3 Å². The monoisotopic (exact) mass is 264 g/mol. The first-order chi connectivity index (χ1) is 9.02. The summed E-state index contributed by atoms with van der Waals surface area (Å²) < 4.78 is 13.0. The molecule has 104 valence electrons. The lowest BCUT2D eigenvalue weighted by Crippen LogP contribution is -2.42. The second-order valence-corrected chi connectivity index (χ2v) is 5.70. The molecule has 19 heavy (non-hydrogen) atoms. The average Bonchev–Trinajstić information content (AvgIpc) is 2.26. The summed E-state index contributed by atoms with van der Waals surface area (Å²) in [7, 11) is 0. The van der Waals surface area contributed by atoms with Crippen LogP contribution in [0.1, 0.15) is 20.3 Å². The minimum absolute atomic E-state index is 0.0769. The topological polar surface area (TPSA) is 32.3 Å². The SMILES string of the molecule is C[C@@H]1C[C@@H](C)CN(CC(=O)Nc2cccc(F)c2)C1. The Morgan fingerprint density at radius 3 is 2.68 bits per heavy atom. The standard InChI is InChI=1S/C15H21FN2O/c1-11-6-12(2)9-18(8-11)10-15(19)17-14-5-3-4-13(16)7-14/h3-5,7,11-12H,6,8-10H2,1-2H3,(H,17,19)/t11-,12-/m1/s1. The fourth-order valence-corrected chi connectivity index (χ4v) is 2.89. The summed E-state index contributed by atoms with van der Waals surface area (Å²) in [5, 5.41) is 2.74. The summed E-state index contributed by atoms with van der Waals surface area (Å²) in [6, 6.07) is 5.99. The summed E-state index contributed by atoms with van der Waals surface area (Å²) in [5.41, 5.74) is 0.517. The summed E-state index contributed by atoms with van der Waals surface area (Å²) in [6.07, 6.45) is 1.22. The number of benzene rings is 1. The molecule has 0 unspecified atom stereocenters. The van der Waals surface area contributed by atoms with Crippen LogP contribution >= 0.6 is 0 Å². The third-order valence-corrected chi connectivity index (χ3v) is 3.42. The van der Waals surface area contributed by atoms with E-state index in [0.717, 1.165) is 13.1 Å². The number of amides is 1. The van der Waals surface area contributed by atoms with E-state index in [-0.39, 0.29) is 11.7 Å². The van der Waals surface area contributed by atoms with E-state index in [0.29, 0.717) is 24.1 Å². The Balaban J connectivity index is 1.87. The van der Waals surface area contributed by atoms with E-state index < -0.39 is 0 Å². The minimum atomic E-state index is -0.335. The van der Waals surface area contributed by atoms with E-state index in [4.69, 9.17) is 0 Å². The summed E-state index contributed by atoms with van der Waals surface area (Å²) in [5.74, 6) is 0.848. The molecule has 4 heteroatoms. The minimum Gasteiger partial charge on any atom is -0.325 e. The van der Waals surface area contributed by atoms with Crippen molar-refractivity contribution in [2.75, 3.05) is 25.0 Å². The van der Waals surface area contributed by atoms with E-state index in [9.17, 15) is 9.18 Å². The van der Waals surface area contributed by atoms with Gasteiger partial charge in [0, 0.05) is 18.8 Å². The zero-order valence-electron chi connectivity index (χ0n) is 11.5. The quantitative estimate of drug-likeness (QED) is 0.910. The number of nitrogens with one attached hydrogen (secondary N) is 1. The number of hydrogen-bond donors (Lipinski definition) is 1. The van der Waals surface area contributed by atoms with Crippen LogP contribution in [0.3, 0.4) is 0 Å². The normalized spacial score (nSPS) is 24.2. The highest BCUT2D eigenvalue weighted by molar-refractivity contribution is 5.92. The average molecular weight is 264 g/mol. The molecule has 1 aromatic carbocycles. The molecule has 3 nitrogen and oxygen atoms in total. The molecule has 0 bridgehead atoms. The van der Waals surface area contributed by atoms with Crippen molar-refractivity contribution in [3.8, 4) is 0 Å². The third-order valence-electron chi connectivity index (χ3n) is 3.42. The maximum Gasteiger partial charge on any atom is 0.238 e. The zero-order valence-corrected chi connectivity index (χ0v) is 11.5. The van der Waals surface area contributed by atoms with Crippen LogP contribution in [0, 0.1) is 17.7 Å². The molecular formula is C15H21FN2O. The summed E-state index contributed by atoms with van der Waals surface area (Å²) >= 11 is 0. The maximum atomic E-state index is 13.0. The van der Waals surface area contributed by atoms with Gasteiger partial charge in [-0.1, -0.05) is 19.9 Å². The highest BCUT2D eigenvalue weighted by Crippen LogP contribution is 2.20. The smallest absolute Gasteiger partial charge is 0.238 e. The molecule has 2 atom stereocenters. The molecule has 0 spiro atoms. The predicted octanol–water partition coefficient (Wildman–Crippen LogP) is 2.74. The summed E-state index contributed by atoms with van der Waals surface area (Å²) in [4.78, 5) is 14.1. The zero-order chi connectivity index (χ0) is 13.8. The first-order valence-corrected chi connectivity index (χ1v) is 6.80. The number of anilines is 1. The van der Waals surface area contributed by atoms with E-state index in [1.165, 1.54) is 18.6 Å². The molecule has 1 aromatic rings. The van der Waals surface area contributed by atoms with E-state index in [2.05, 4.69) is 24.1 Å². The summed E-state index contributed by atoms with van der Waals surface area (Å²) in [6.45, 7) is 6.73. The molecule has 1 heterocycles. The molecule has 2 rings (SSSR count). The Morgan fingerprint density at radius 2 is 2.05 bits per heavy atom. The number of halogens is 1. The van der Waals surface area contributed by atoms with Gasteiger partial charge in [0.1, 0.15) is 5.82 Å². The van der Waals surface area contributed by atoms with Gasteiger partial charge in [-0.2, -0.15) is 0 Å². The molecular weight excluding hydrogens is 243 g/mol. The lowest BCUT2D eigenvalue weighted by atomic mass is 9.92. The van der Waals surface area contributed by atoms with Crippen LogP contribution in [0.2, 0.25) is 0 Å². The second-order valence-electron chi connectivity index (χ2n) is 5.70. The second kappa shape index (κ2) is 6.15. The lowest BCUT2D eigenvalue weighted by Gasteiger charge is -2.34. The molecule has 0 aromatic heterocycles. The van der Waals surface area contributed by atoms with E-state index in [1.54, 1.807) is 12.1 Å². The van der Waals surface area contributed by atoms with Crippen LogP contribution < -0.4 is 5.32 Å². The van der Waals surface area contributed by atoms with Crippen LogP contribution in [0.4, 0.5) is 10.1 Å². The van der Waals surface area contributed by atoms with Crippen LogP contribution in [-0.4, -0.2) is 30.4 Å². The Hall–Kier alpha value is -1.42. The Labute approximate surface area is 113 Å². The number of hydrogen-bond acceptors (Lipinski definition) is 2. The fraction of sp³-hybridized carbons (Fsp3) is 0.533. The maximum absolute atomic E-state index is 13.0. The van der Waals surface area contributed by atoms with Gasteiger partial charge in [0.2, 0.25) is 5.91 Å². The lowest BCUT2D eigenvalue weighted by molar-refractivity contribution is -0.117. The van der Waals surface area contributed by atoms with Crippen molar-refractivity contribution in [3.63, 3.8) is 0 Å². The van der Waals surface area contributed by atoms with Crippen molar-refractivity contribution >= 4 is 11.6 Å². The number of carbonyl (C=O) groups is 1. The van der Waals surface area contributed by atoms with Crippen LogP contribution in [0.25, 0.3) is 0 Å². The van der Waals surface area contributed by atoms with Gasteiger partial charge in [0.05, 0.1) is 6.54 Å². The van der Waals surface area contributed by atoms with Gasteiger partial charge >= 0.3 is 0 Å². The molecule has 1 amide bonds. The molecule has 1 saturated heterocycles. The molecule has 0 aliphatic carbocycles.